The van der Waals surface area contributed by atoms with Gasteiger partial charge in [-0.2, -0.15) is 0 Å². The minimum Gasteiger partial charge on any atom is -0.511 e. The van der Waals surface area contributed by atoms with Gasteiger partial charge in [0.2, 0.25) is 5.79 Å². The summed E-state index contributed by atoms with van der Waals surface area (Å²) in [6.07, 6.45) is 9.02. The van der Waals surface area contributed by atoms with Gasteiger partial charge in [-0.25, -0.2) is 0 Å². The van der Waals surface area contributed by atoms with Crippen LogP contribution >= 0.6 is 0 Å². The average molecular weight is 517 g/mol. The number of Topliss-reactive ketones (excluding diaryl/α,β-unsaturated/α-hetero) is 2. The Morgan fingerprint density at radius 1 is 1.14 bits per heavy atom. The molecule has 9 heteroatoms. The highest BCUT2D eigenvalue weighted by atomic mass is 16.7. The zero-order valence-electron chi connectivity index (χ0n) is 21.8. The Morgan fingerprint density at radius 2 is 1.78 bits per heavy atom. The molecule has 1 aliphatic heterocycles. The molecule has 0 bridgehead atoms. The van der Waals surface area contributed by atoms with Gasteiger partial charge in [-0.05, 0) is 47.1 Å². The summed E-state index contributed by atoms with van der Waals surface area (Å²) in [6.45, 7) is 6.86. The summed E-state index contributed by atoms with van der Waals surface area (Å²) in [6, 6.07) is 0. The van der Waals surface area contributed by atoms with Gasteiger partial charge in [-0.1, -0.05) is 30.4 Å². The average Bonchev–Trinajstić information content (AvgIpc) is 3.04. The standard InChI is InChI=1S/C28H36O9/c1-6-7-9-12-18(30)17-15-25(3,35)28(36)26(4,24(17)34)22-20(19(31)13-10-8-11-14-29)21(32)16(2)23(33)27(22,5)37-28/h6-8,10-11,13,22,29,31-32,34-36H,9,12,14-15H2,1-5H3/b7-6+,11-8+,13-10+,20-19+/t22-,25+,26-,27+,28+/m1/s1. The van der Waals surface area contributed by atoms with E-state index in [1.54, 1.807) is 19.1 Å². The molecule has 0 spiro atoms. The summed E-state index contributed by atoms with van der Waals surface area (Å²) >= 11 is 0. The number of carbonyl (C=O) groups is 2. The number of fused-ring (bicyclic) bond motifs is 3. The van der Waals surface area contributed by atoms with E-state index in [9.17, 15) is 35.1 Å². The maximum Gasteiger partial charge on any atom is 0.209 e. The molecule has 3 aliphatic rings. The lowest BCUT2D eigenvalue weighted by molar-refractivity contribution is -0.330. The molecular weight excluding hydrogens is 480 g/mol. The van der Waals surface area contributed by atoms with E-state index in [0.717, 1.165) is 0 Å². The molecule has 37 heavy (non-hydrogen) atoms. The van der Waals surface area contributed by atoms with Gasteiger partial charge in [0.15, 0.2) is 11.6 Å². The van der Waals surface area contributed by atoms with Gasteiger partial charge in [0.25, 0.3) is 0 Å². The van der Waals surface area contributed by atoms with Crippen molar-refractivity contribution < 1.29 is 45.0 Å². The van der Waals surface area contributed by atoms with Crippen molar-refractivity contribution >= 4 is 11.6 Å². The summed E-state index contributed by atoms with van der Waals surface area (Å²) in [4.78, 5) is 26.6. The van der Waals surface area contributed by atoms with Crippen LogP contribution in [0.2, 0.25) is 0 Å². The summed E-state index contributed by atoms with van der Waals surface area (Å²) in [5.41, 5.74) is -6.55. The molecule has 0 unspecified atom stereocenters. The van der Waals surface area contributed by atoms with Crippen molar-refractivity contribution in [1.29, 1.82) is 0 Å². The van der Waals surface area contributed by atoms with E-state index in [-0.39, 0.29) is 29.7 Å². The van der Waals surface area contributed by atoms with Crippen LogP contribution in [-0.2, 0) is 14.3 Å². The van der Waals surface area contributed by atoms with Crippen molar-refractivity contribution in [2.45, 2.75) is 70.9 Å². The van der Waals surface area contributed by atoms with E-state index in [2.05, 4.69) is 0 Å². The molecule has 0 aromatic carbocycles. The number of aliphatic hydroxyl groups is 6. The normalized spacial score (nSPS) is 37.7. The highest BCUT2D eigenvalue weighted by Crippen LogP contribution is 2.68. The van der Waals surface area contributed by atoms with Crippen LogP contribution in [0, 0.1) is 11.3 Å². The second kappa shape index (κ2) is 9.72. The van der Waals surface area contributed by atoms with E-state index in [1.807, 2.05) is 0 Å². The van der Waals surface area contributed by atoms with Crippen molar-refractivity contribution in [2.75, 3.05) is 6.61 Å². The van der Waals surface area contributed by atoms with Crippen LogP contribution in [0.5, 0.6) is 0 Å². The molecule has 3 rings (SSSR count). The van der Waals surface area contributed by atoms with E-state index in [1.165, 1.54) is 52.0 Å². The third-order valence-electron chi connectivity index (χ3n) is 7.90. The van der Waals surface area contributed by atoms with Crippen molar-refractivity contribution in [1.82, 2.24) is 0 Å². The second-order valence-electron chi connectivity index (χ2n) is 10.4. The Balaban J connectivity index is 2.35. The SMILES string of the molecule is C/C=C/CCC(=O)C1=C(O)[C@@]2(C)[C@H]3\C(=C(O)/C=C/C=C/CO)C(O)=C(C)C(=O)[C@@]3(C)O[C@@]2(O)[C@@](C)(O)C1. The lowest BCUT2D eigenvalue weighted by Crippen LogP contribution is -2.65. The number of ketones is 2. The maximum atomic E-state index is 13.5. The van der Waals surface area contributed by atoms with Gasteiger partial charge >= 0.3 is 0 Å². The molecule has 0 aromatic rings. The van der Waals surface area contributed by atoms with Gasteiger partial charge in [-0.3, -0.25) is 9.59 Å². The van der Waals surface area contributed by atoms with Crippen LogP contribution in [0.4, 0.5) is 0 Å². The first kappa shape index (κ1) is 28.6. The van der Waals surface area contributed by atoms with Gasteiger partial charge in [0.05, 0.1) is 12.0 Å². The third kappa shape index (κ3) is 4.01. The fourth-order valence-electron chi connectivity index (χ4n) is 6.01. The Bertz CT molecular complexity index is 1180. The summed E-state index contributed by atoms with van der Waals surface area (Å²) in [5, 5.41) is 66.0. The summed E-state index contributed by atoms with van der Waals surface area (Å²) in [7, 11) is 0. The predicted molar refractivity (Wildman–Crippen MR) is 135 cm³/mol. The minimum absolute atomic E-state index is 0.0359. The Hall–Kier alpha value is -2.98. The van der Waals surface area contributed by atoms with Crippen molar-refractivity contribution in [3.05, 3.63) is 70.5 Å². The third-order valence-corrected chi connectivity index (χ3v) is 7.90. The molecule has 0 aromatic heterocycles. The smallest absolute Gasteiger partial charge is 0.209 e. The van der Waals surface area contributed by atoms with Crippen molar-refractivity contribution in [3.8, 4) is 0 Å². The zero-order valence-corrected chi connectivity index (χ0v) is 21.8. The molecule has 0 amide bonds. The Labute approximate surface area is 216 Å². The fourth-order valence-corrected chi connectivity index (χ4v) is 6.01. The maximum absolute atomic E-state index is 13.5. The molecule has 1 saturated heterocycles. The summed E-state index contributed by atoms with van der Waals surface area (Å²) < 4.78 is 5.99. The van der Waals surface area contributed by atoms with Crippen LogP contribution < -0.4 is 0 Å². The zero-order chi connectivity index (χ0) is 28.0. The van der Waals surface area contributed by atoms with Crippen LogP contribution in [-0.4, -0.2) is 65.8 Å². The number of aliphatic hydroxyl groups excluding tert-OH is 4. The number of carbonyl (C=O) groups excluding carboxylic acids is 2. The molecule has 0 saturated carbocycles. The van der Waals surface area contributed by atoms with Crippen LogP contribution in [0.3, 0.4) is 0 Å². The molecule has 0 radical (unpaired) electrons. The first-order valence-corrected chi connectivity index (χ1v) is 12.2. The van der Waals surface area contributed by atoms with Crippen LogP contribution in [0.25, 0.3) is 0 Å². The van der Waals surface area contributed by atoms with Crippen molar-refractivity contribution in [2.24, 2.45) is 11.3 Å². The largest absolute Gasteiger partial charge is 0.511 e. The van der Waals surface area contributed by atoms with E-state index in [0.29, 0.717) is 6.42 Å². The Morgan fingerprint density at radius 3 is 2.38 bits per heavy atom. The van der Waals surface area contributed by atoms with E-state index >= 15 is 0 Å². The highest BCUT2D eigenvalue weighted by molar-refractivity contribution is 6.05. The minimum atomic E-state index is -2.58. The molecule has 1 fully saturated rings. The van der Waals surface area contributed by atoms with Gasteiger partial charge < -0.3 is 35.4 Å². The molecule has 5 atom stereocenters. The van der Waals surface area contributed by atoms with Crippen LogP contribution in [0.1, 0.15) is 53.9 Å². The van der Waals surface area contributed by atoms with Gasteiger partial charge in [-0.15, -0.1) is 0 Å². The van der Waals surface area contributed by atoms with E-state index < -0.39 is 63.6 Å². The highest BCUT2D eigenvalue weighted by Gasteiger charge is 2.80. The monoisotopic (exact) mass is 516 g/mol. The number of allylic oxidation sites excluding steroid dienone is 6. The molecule has 6 N–H and O–H groups in total. The number of hydrogen-bond acceptors (Lipinski definition) is 9. The lowest BCUT2D eigenvalue weighted by atomic mass is 9.54. The van der Waals surface area contributed by atoms with Gasteiger partial charge in [0.1, 0.15) is 28.5 Å². The number of rotatable bonds is 7. The van der Waals surface area contributed by atoms with E-state index in [4.69, 9.17) is 9.84 Å². The number of ether oxygens (including phenoxy) is 1. The molecule has 202 valence electrons. The molecule has 1 heterocycles. The topological polar surface area (TPSA) is 165 Å². The molecular formula is C28H36O9. The fraction of sp³-hybridized carbons (Fsp3) is 0.500. The van der Waals surface area contributed by atoms with Gasteiger partial charge in [0, 0.05) is 35.5 Å². The van der Waals surface area contributed by atoms with Crippen molar-refractivity contribution in [3.63, 3.8) is 0 Å². The first-order valence-electron chi connectivity index (χ1n) is 12.2. The lowest BCUT2D eigenvalue weighted by Gasteiger charge is -2.51. The summed E-state index contributed by atoms with van der Waals surface area (Å²) in [5.74, 6) is -6.76. The Kier molecular flexibility index (Phi) is 7.51. The predicted octanol–water partition coefficient (Wildman–Crippen LogP) is 3.31. The molecule has 9 nitrogen and oxygen atoms in total. The second-order valence-corrected chi connectivity index (χ2v) is 10.4. The number of hydrogen-bond donors (Lipinski definition) is 6. The quantitative estimate of drug-likeness (QED) is 0.169. The van der Waals surface area contributed by atoms with Crippen LogP contribution in [0.15, 0.2) is 70.5 Å². The molecule has 2 aliphatic carbocycles. The first-order chi connectivity index (χ1) is 17.2.